The lowest BCUT2D eigenvalue weighted by molar-refractivity contribution is 0.00459. The summed E-state index contributed by atoms with van der Waals surface area (Å²) in [6.07, 6.45) is 1.23. The molecule has 1 saturated heterocycles. The monoisotopic (exact) mass is 657 g/mol. The Hall–Kier alpha value is -4.84. The van der Waals surface area contributed by atoms with Crippen molar-refractivity contribution in [3.05, 3.63) is 89.3 Å². The largest absolute Gasteiger partial charge is 0.497 e. The molecule has 48 heavy (non-hydrogen) atoms. The molecule has 0 aliphatic carbocycles. The van der Waals surface area contributed by atoms with Crippen molar-refractivity contribution >= 4 is 12.0 Å². The molecule has 1 fully saturated rings. The first-order chi connectivity index (χ1) is 22.9. The molecule has 0 spiro atoms. The summed E-state index contributed by atoms with van der Waals surface area (Å²) in [5.41, 5.74) is 2.52. The zero-order valence-electron chi connectivity index (χ0n) is 28.7. The third-order valence-corrected chi connectivity index (χ3v) is 8.02. The standard InChI is InChI=1S/C36H44FN7O4/c1-24-20-43(35(45)48-36(3,4)5)17-16-42(24)23-28-18-31(32(37)38-19-28)33-39-25(2)40-34(41-33)44(21-26-8-12-29(46-6)13-9-26)22-27-10-14-30(47-7)15-11-27/h8-15,18-19,24H,16-17,20-23H2,1-7H3. The number of rotatable bonds is 10. The number of methoxy groups -OCH3 is 2. The van der Waals surface area contributed by atoms with Gasteiger partial charge < -0.3 is 24.0 Å². The van der Waals surface area contributed by atoms with Gasteiger partial charge in [-0.2, -0.15) is 14.4 Å². The number of hydrogen-bond acceptors (Lipinski definition) is 10. The Morgan fingerprint density at radius 3 is 2.06 bits per heavy atom. The van der Waals surface area contributed by atoms with Crippen LogP contribution in [0.1, 0.15) is 50.2 Å². The highest BCUT2D eigenvalue weighted by Gasteiger charge is 2.30. The molecule has 254 valence electrons. The lowest BCUT2D eigenvalue weighted by Gasteiger charge is -2.40. The van der Waals surface area contributed by atoms with Gasteiger partial charge in [-0.3, -0.25) is 4.90 Å². The quantitative estimate of drug-likeness (QED) is 0.187. The summed E-state index contributed by atoms with van der Waals surface area (Å²) in [6, 6.07) is 17.5. The van der Waals surface area contributed by atoms with Crippen LogP contribution in [0, 0.1) is 12.9 Å². The number of nitrogens with zero attached hydrogens (tertiary/aromatic N) is 7. The molecule has 2 aromatic heterocycles. The van der Waals surface area contributed by atoms with Gasteiger partial charge in [0.05, 0.1) is 19.8 Å². The van der Waals surface area contributed by atoms with Crippen LogP contribution in [-0.2, 0) is 24.4 Å². The first kappa shape index (κ1) is 34.5. The molecule has 5 rings (SSSR count). The maximum atomic E-state index is 15.4. The molecule has 4 aromatic rings. The van der Waals surface area contributed by atoms with Crippen LogP contribution in [0.5, 0.6) is 11.5 Å². The van der Waals surface area contributed by atoms with Crippen LogP contribution in [-0.4, -0.2) is 81.3 Å². The molecule has 1 unspecified atom stereocenters. The zero-order chi connectivity index (χ0) is 34.4. The molecule has 0 radical (unpaired) electrons. The zero-order valence-corrected chi connectivity index (χ0v) is 28.7. The summed E-state index contributed by atoms with van der Waals surface area (Å²) in [5, 5.41) is 0. The molecule has 0 saturated carbocycles. The molecule has 0 N–H and O–H groups in total. The number of ether oxygens (including phenoxy) is 3. The molecular formula is C36H44FN7O4. The van der Waals surface area contributed by atoms with Gasteiger partial charge in [-0.1, -0.05) is 24.3 Å². The van der Waals surface area contributed by atoms with Gasteiger partial charge in [0.2, 0.25) is 11.9 Å². The second-order valence-electron chi connectivity index (χ2n) is 13.0. The number of amides is 1. The van der Waals surface area contributed by atoms with Crippen molar-refractivity contribution in [1.29, 1.82) is 0 Å². The molecule has 11 nitrogen and oxygen atoms in total. The summed E-state index contributed by atoms with van der Waals surface area (Å²) in [4.78, 5) is 36.7. The second-order valence-corrected chi connectivity index (χ2v) is 13.0. The van der Waals surface area contributed by atoms with Crippen molar-refractivity contribution in [2.75, 3.05) is 38.8 Å². The third-order valence-electron chi connectivity index (χ3n) is 8.02. The SMILES string of the molecule is COc1ccc(CN(Cc2ccc(OC)cc2)c2nc(C)nc(-c3cc(CN4CCN(C(=O)OC(C)(C)C)CC4C)cnc3F)n2)cc1. The molecule has 1 aliphatic heterocycles. The Labute approximate surface area is 281 Å². The van der Waals surface area contributed by atoms with Gasteiger partial charge in [0, 0.05) is 51.5 Å². The van der Waals surface area contributed by atoms with E-state index >= 15 is 4.39 Å². The smallest absolute Gasteiger partial charge is 0.410 e. The van der Waals surface area contributed by atoms with Gasteiger partial charge in [0.1, 0.15) is 22.9 Å². The number of hydrogen-bond donors (Lipinski definition) is 0. The number of carbonyl (C=O) groups excluding carboxylic acids is 1. The fourth-order valence-electron chi connectivity index (χ4n) is 5.52. The molecule has 1 amide bonds. The molecular weight excluding hydrogens is 613 g/mol. The number of pyridine rings is 1. The van der Waals surface area contributed by atoms with Crippen molar-refractivity contribution in [2.45, 2.75) is 65.9 Å². The first-order valence-electron chi connectivity index (χ1n) is 16.0. The average Bonchev–Trinajstić information content (AvgIpc) is 3.05. The molecule has 1 aliphatic rings. The molecule has 1 atom stereocenters. The third kappa shape index (κ3) is 8.94. The van der Waals surface area contributed by atoms with Crippen LogP contribution in [0.2, 0.25) is 0 Å². The highest BCUT2D eigenvalue weighted by molar-refractivity contribution is 5.68. The topological polar surface area (TPSA) is 106 Å². The Kier molecular flexibility index (Phi) is 10.7. The van der Waals surface area contributed by atoms with E-state index in [0.717, 1.165) is 28.2 Å². The lowest BCUT2D eigenvalue weighted by atomic mass is 10.1. The van der Waals surface area contributed by atoms with Gasteiger partial charge in [0.25, 0.3) is 0 Å². The van der Waals surface area contributed by atoms with Crippen LogP contribution < -0.4 is 14.4 Å². The number of aryl methyl sites for hydroxylation is 1. The van der Waals surface area contributed by atoms with E-state index in [9.17, 15) is 4.79 Å². The van der Waals surface area contributed by atoms with Gasteiger partial charge in [-0.15, -0.1) is 0 Å². The number of anilines is 1. The minimum absolute atomic E-state index is 0.0651. The molecule has 12 heteroatoms. The highest BCUT2D eigenvalue weighted by atomic mass is 19.1. The van der Waals surface area contributed by atoms with Gasteiger partial charge in [0.15, 0.2) is 5.82 Å². The van der Waals surface area contributed by atoms with E-state index in [1.807, 2.05) is 74.2 Å². The van der Waals surface area contributed by atoms with Crippen molar-refractivity contribution in [1.82, 2.24) is 29.7 Å². The number of halogens is 1. The Morgan fingerprint density at radius 1 is 0.917 bits per heavy atom. The van der Waals surface area contributed by atoms with Crippen LogP contribution in [0.4, 0.5) is 15.1 Å². The maximum absolute atomic E-state index is 15.4. The second kappa shape index (κ2) is 14.9. The summed E-state index contributed by atoms with van der Waals surface area (Å²) < 4.78 is 31.6. The van der Waals surface area contributed by atoms with E-state index in [4.69, 9.17) is 19.2 Å². The van der Waals surface area contributed by atoms with Gasteiger partial charge >= 0.3 is 6.09 Å². The summed E-state index contributed by atoms with van der Waals surface area (Å²) in [7, 11) is 3.27. The fourth-order valence-corrected chi connectivity index (χ4v) is 5.52. The predicted molar refractivity (Wildman–Crippen MR) is 181 cm³/mol. The van der Waals surface area contributed by atoms with Gasteiger partial charge in [-0.05, 0) is 81.6 Å². The van der Waals surface area contributed by atoms with Crippen molar-refractivity contribution in [3.63, 3.8) is 0 Å². The summed E-state index contributed by atoms with van der Waals surface area (Å²) in [6.45, 7) is 12.7. The molecule has 0 bridgehead atoms. The Morgan fingerprint density at radius 2 is 1.52 bits per heavy atom. The van der Waals surface area contributed by atoms with E-state index in [2.05, 4.69) is 26.8 Å². The lowest BCUT2D eigenvalue weighted by Crippen LogP contribution is -2.54. The van der Waals surface area contributed by atoms with E-state index in [-0.39, 0.29) is 23.5 Å². The average molecular weight is 658 g/mol. The van der Waals surface area contributed by atoms with E-state index in [1.54, 1.807) is 38.3 Å². The highest BCUT2D eigenvalue weighted by Crippen LogP contribution is 2.26. The molecule has 3 heterocycles. The number of aromatic nitrogens is 4. The van der Waals surface area contributed by atoms with Crippen molar-refractivity contribution < 1.29 is 23.4 Å². The number of benzene rings is 2. The minimum atomic E-state index is -0.657. The Balaban J connectivity index is 1.39. The molecule has 2 aromatic carbocycles. The minimum Gasteiger partial charge on any atom is -0.497 e. The fraction of sp³-hybridized carbons (Fsp3) is 0.417. The van der Waals surface area contributed by atoms with E-state index < -0.39 is 11.5 Å². The van der Waals surface area contributed by atoms with Gasteiger partial charge in [-0.25, -0.2) is 14.8 Å². The van der Waals surface area contributed by atoms with E-state index in [1.165, 1.54) is 0 Å². The van der Waals surface area contributed by atoms with Crippen LogP contribution in [0.15, 0.2) is 60.8 Å². The van der Waals surface area contributed by atoms with Crippen molar-refractivity contribution in [2.24, 2.45) is 0 Å². The normalized spacial score (nSPS) is 15.2. The Bertz CT molecular complexity index is 1650. The van der Waals surface area contributed by atoms with Crippen LogP contribution >= 0.6 is 0 Å². The first-order valence-corrected chi connectivity index (χ1v) is 16.0. The number of carbonyl (C=O) groups is 1. The summed E-state index contributed by atoms with van der Waals surface area (Å²) >= 11 is 0. The van der Waals surface area contributed by atoms with Crippen LogP contribution in [0.3, 0.4) is 0 Å². The summed E-state index contributed by atoms with van der Waals surface area (Å²) in [5.74, 6) is 1.96. The predicted octanol–water partition coefficient (Wildman–Crippen LogP) is 6.05. The van der Waals surface area contributed by atoms with Crippen LogP contribution in [0.25, 0.3) is 11.4 Å². The van der Waals surface area contributed by atoms with E-state index in [0.29, 0.717) is 51.0 Å². The number of piperazine rings is 1. The van der Waals surface area contributed by atoms with Crippen molar-refractivity contribution in [3.8, 4) is 22.9 Å². The maximum Gasteiger partial charge on any atom is 0.410 e.